The molecule has 0 aliphatic rings. The Balaban J connectivity index is 1.55. The van der Waals surface area contributed by atoms with Crippen LogP contribution in [0.15, 0.2) is 54.2 Å². The number of aromatic nitrogens is 2. The Kier molecular flexibility index (Phi) is 5.99. The lowest BCUT2D eigenvalue weighted by atomic mass is 10.1. The van der Waals surface area contributed by atoms with Crippen molar-refractivity contribution in [2.24, 2.45) is 0 Å². The molecule has 2 aromatic heterocycles. The van der Waals surface area contributed by atoms with E-state index in [0.717, 1.165) is 62.9 Å². The Morgan fingerprint density at radius 3 is 2.43 bits per heavy atom. The average molecular weight is 422 g/mol. The van der Waals surface area contributed by atoms with Crippen molar-refractivity contribution in [3.05, 3.63) is 59.7 Å². The number of thiophene rings is 1. The molecule has 0 amide bonds. The lowest BCUT2D eigenvalue weighted by molar-refractivity contribution is 0.354. The fraction of sp³-hybridized carbons (Fsp3) is 0.217. The zero-order valence-corrected chi connectivity index (χ0v) is 18.0. The van der Waals surface area contributed by atoms with Gasteiger partial charge in [0.05, 0.1) is 26.7 Å². The average Bonchev–Trinajstić information content (AvgIpc) is 3.24. The first-order valence-corrected chi connectivity index (χ1v) is 10.4. The van der Waals surface area contributed by atoms with E-state index in [1.54, 1.807) is 39.0 Å². The van der Waals surface area contributed by atoms with Gasteiger partial charge < -0.3 is 19.5 Å². The van der Waals surface area contributed by atoms with E-state index in [-0.39, 0.29) is 0 Å². The Morgan fingerprint density at radius 1 is 0.900 bits per heavy atom. The Morgan fingerprint density at radius 2 is 1.70 bits per heavy atom. The van der Waals surface area contributed by atoms with Crippen LogP contribution in [0.2, 0.25) is 0 Å². The van der Waals surface area contributed by atoms with Gasteiger partial charge in [0.2, 0.25) is 0 Å². The van der Waals surface area contributed by atoms with Crippen molar-refractivity contribution in [1.29, 1.82) is 0 Å². The molecule has 2 heterocycles. The van der Waals surface area contributed by atoms with Crippen molar-refractivity contribution in [2.75, 3.05) is 33.2 Å². The summed E-state index contributed by atoms with van der Waals surface area (Å²) in [7, 11) is 4.96. The van der Waals surface area contributed by atoms with Crippen LogP contribution >= 0.6 is 11.3 Å². The number of hydrogen-bond acceptors (Lipinski definition) is 7. The first kappa shape index (κ1) is 20.0. The van der Waals surface area contributed by atoms with Crippen molar-refractivity contribution in [2.45, 2.75) is 6.42 Å². The number of rotatable bonds is 8. The SMILES string of the molecule is COc1ccc(-c2csc3ncnc(NCCc4ccc(OC)c(OC)c4)c23)cc1. The maximum Gasteiger partial charge on any atom is 0.160 e. The molecule has 6 nitrogen and oxygen atoms in total. The molecule has 0 saturated heterocycles. The molecule has 154 valence electrons. The molecule has 0 aliphatic carbocycles. The molecular formula is C23H23N3O3S. The van der Waals surface area contributed by atoms with Gasteiger partial charge in [-0.2, -0.15) is 0 Å². The van der Waals surface area contributed by atoms with Crippen molar-refractivity contribution in [3.8, 4) is 28.4 Å². The highest BCUT2D eigenvalue weighted by Gasteiger charge is 2.13. The third-order valence-corrected chi connectivity index (χ3v) is 5.81. The van der Waals surface area contributed by atoms with E-state index in [4.69, 9.17) is 14.2 Å². The number of hydrogen-bond donors (Lipinski definition) is 1. The molecule has 7 heteroatoms. The zero-order chi connectivity index (χ0) is 20.9. The van der Waals surface area contributed by atoms with E-state index in [9.17, 15) is 0 Å². The summed E-state index contributed by atoms with van der Waals surface area (Å²) < 4.78 is 16.0. The predicted molar refractivity (Wildman–Crippen MR) is 121 cm³/mol. The van der Waals surface area contributed by atoms with Crippen LogP contribution in [0.4, 0.5) is 5.82 Å². The van der Waals surface area contributed by atoms with E-state index in [0.29, 0.717) is 0 Å². The maximum absolute atomic E-state index is 5.40. The molecular weight excluding hydrogens is 398 g/mol. The topological polar surface area (TPSA) is 65.5 Å². The van der Waals surface area contributed by atoms with Gasteiger partial charge in [0.25, 0.3) is 0 Å². The molecule has 4 aromatic rings. The van der Waals surface area contributed by atoms with Crippen LogP contribution in [0.25, 0.3) is 21.3 Å². The molecule has 0 radical (unpaired) electrons. The quantitative estimate of drug-likeness (QED) is 0.430. The Bertz CT molecular complexity index is 1140. The van der Waals surface area contributed by atoms with Crippen LogP contribution in [0, 0.1) is 0 Å². The minimum absolute atomic E-state index is 0.731. The van der Waals surface area contributed by atoms with Gasteiger partial charge >= 0.3 is 0 Å². The second kappa shape index (κ2) is 9.00. The number of nitrogens with one attached hydrogen (secondary N) is 1. The van der Waals surface area contributed by atoms with Crippen molar-refractivity contribution >= 4 is 27.4 Å². The van der Waals surface area contributed by atoms with Gasteiger partial charge in [0, 0.05) is 17.5 Å². The predicted octanol–water partition coefficient (Wildman–Crippen LogP) is 5.04. The highest BCUT2D eigenvalue weighted by molar-refractivity contribution is 7.17. The van der Waals surface area contributed by atoms with E-state index in [1.807, 2.05) is 30.3 Å². The van der Waals surface area contributed by atoms with Gasteiger partial charge in [-0.05, 0) is 41.8 Å². The van der Waals surface area contributed by atoms with Crippen LogP contribution in [-0.2, 0) is 6.42 Å². The molecule has 4 rings (SSSR count). The summed E-state index contributed by atoms with van der Waals surface area (Å²) in [6.07, 6.45) is 2.43. The van der Waals surface area contributed by atoms with Crippen molar-refractivity contribution in [1.82, 2.24) is 9.97 Å². The van der Waals surface area contributed by atoms with Crippen LogP contribution in [0.3, 0.4) is 0 Å². The van der Waals surface area contributed by atoms with E-state index in [2.05, 4.69) is 32.8 Å². The normalized spacial score (nSPS) is 10.8. The third kappa shape index (κ3) is 4.02. The van der Waals surface area contributed by atoms with Crippen molar-refractivity contribution in [3.63, 3.8) is 0 Å². The molecule has 30 heavy (non-hydrogen) atoms. The summed E-state index contributed by atoms with van der Waals surface area (Å²) in [6, 6.07) is 14.0. The minimum Gasteiger partial charge on any atom is -0.497 e. The summed E-state index contributed by atoms with van der Waals surface area (Å²) in [6.45, 7) is 0.736. The van der Waals surface area contributed by atoms with Gasteiger partial charge in [-0.15, -0.1) is 11.3 Å². The molecule has 2 aromatic carbocycles. The summed E-state index contributed by atoms with van der Waals surface area (Å²) >= 11 is 1.62. The Labute approximate surface area is 179 Å². The molecule has 0 unspecified atom stereocenters. The fourth-order valence-electron chi connectivity index (χ4n) is 3.35. The molecule has 0 atom stereocenters. The molecule has 0 fully saturated rings. The van der Waals surface area contributed by atoms with Gasteiger partial charge in [-0.1, -0.05) is 18.2 Å². The molecule has 1 N–H and O–H groups in total. The van der Waals surface area contributed by atoms with Gasteiger partial charge in [0.1, 0.15) is 22.7 Å². The van der Waals surface area contributed by atoms with Crippen LogP contribution in [0.5, 0.6) is 17.2 Å². The number of ether oxygens (including phenoxy) is 3. The van der Waals surface area contributed by atoms with Crippen LogP contribution < -0.4 is 19.5 Å². The monoisotopic (exact) mass is 421 g/mol. The molecule has 0 bridgehead atoms. The summed E-state index contributed by atoms with van der Waals surface area (Å²) in [5.74, 6) is 3.14. The summed E-state index contributed by atoms with van der Waals surface area (Å²) in [5, 5.41) is 6.65. The minimum atomic E-state index is 0.731. The van der Waals surface area contributed by atoms with Crippen molar-refractivity contribution < 1.29 is 14.2 Å². The molecule has 0 aliphatic heterocycles. The first-order chi connectivity index (χ1) is 14.7. The molecule has 0 spiro atoms. The number of fused-ring (bicyclic) bond motifs is 1. The zero-order valence-electron chi connectivity index (χ0n) is 17.1. The maximum atomic E-state index is 5.40. The van der Waals surface area contributed by atoms with Gasteiger partial charge in [-0.25, -0.2) is 9.97 Å². The van der Waals surface area contributed by atoms with Gasteiger partial charge in [-0.3, -0.25) is 0 Å². The first-order valence-electron chi connectivity index (χ1n) is 9.55. The Hall–Kier alpha value is -3.32. The van der Waals surface area contributed by atoms with E-state index < -0.39 is 0 Å². The third-order valence-electron chi connectivity index (χ3n) is 4.93. The number of anilines is 1. The van der Waals surface area contributed by atoms with Crippen LogP contribution in [-0.4, -0.2) is 37.8 Å². The lowest BCUT2D eigenvalue weighted by Crippen LogP contribution is -2.07. The standard InChI is InChI=1S/C23H23N3O3S/c1-27-17-7-5-16(6-8-17)18-13-30-23-21(18)22(25-14-26-23)24-11-10-15-4-9-19(28-2)20(12-15)29-3/h4-9,12-14H,10-11H2,1-3H3,(H,24,25,26). The second-order valence-electron chi connectivity index (χ2n) is 6.65. The highest BCUT2D eigenvalue weighted by Crippen LogP contribution is 2.37. The van der Waals surface area contributed by atoms with Crippen LogP contribution in [0.1, 0.15) is 5.56 Å². The second-order valence-corrected chi connectivity index (χ2v) is 7.50. The van der Waals surface area contributed by atoms with Gasteiger partial charge in [0.15, 0.2) is 11.5 Å². The molecule has 0 saturated carbocycles. The summed E-state index contributed by atoms with van der Waals surface area (Å²) in [4.78, 5) is 9.91. The largest absolute Gasteiger partial charge is 0.497 e. The number of benzene rings is 2. The lowest BCUT2D eigenvalue weighted by Gasteiger charge is -2.11. The number of methoxy groups -OCH3 is 3. The van der Waals surface area contributed by atoms with E-state index in [1.165, 1.54) is 0 Å². The summed E-state index contributed by atoms with van der Waals surface area (Å²) in [5.41, 5.74) is 3.39. The highest BCUT2D eigenvalue weighted by atomic mass is 32.1. The number of nitrogens with zero attached hydrogens (tertiary/aromatic N) is 2. The fourth-order valence-corrected chi connectivity index (χ4v) is 4.27. The van der Waals surface area contributed by atoms with E-state index >= 15 is 0 Å². The smallest absolute Gasteiger partial charge is 0.160 e.